The molecule has 0 amide bonds. The zero-order chi connectivity index (χ0) is 11.1. The van der Waals surface area contributed by atoms with Crippen LogP contribution in [0.4, 0.5) is 0 Å². The molecule has 0 aromatic rings. The second-order valence-electron chi connectivity index (χ2n) is 7.23. The Bertz CT molecular complexity index is 323. The first kappa shape index (κ1) is 9.80. The average molecular weight is 234 g/mol. The summed E-state index contributed by atoms with van der Waals surface area (Å²) in [6.07, 6.45) is 9.47. The molecule has 94 valence electrons. The van der Waals surface area contributed by atoms with E-state index in [4.69, 9.17) is 9.47 Å². The molecule has 0 radical (unpaired) electrons. The van der Waals surface area contributed by atoms with Crippen LogP contribution in [-0.4, -0.2) is 24.4 Å². The highest BCUT2D eigenvalue weighted by atomic mass is 16.6. The molecule has 2 bridgehead atoms. The highest BCUT2D eigenvalue weighted by molar-refractivity contribution is 5.10. The Morgan fingerprint density at radius 3 is 2.24 bits per heavy atom. The fraction of sp³-hybridized carbons (Fsp3) is 1.00. The summed E-state index contributed by atoms with van der Waals surface area (Å²) in [5, 5.41) is 0. The number of hydrogen-bond acceptors (Lipinski definition) is 2. The minimum absolute atomic E-state index is 0.527. The quantitative estimate of drug-likeness (QED) is 0.601. The van der Waals surface area contributed by atoms with Crippen molar-refractivity contribution in [2.45, 2.75) is 63.4 Å². The van der Waals surface area contributed by atoms with Crippen LogP contribution in [-0.2, 0) is 9.47 Å². The molecule has 0 aromatic carbocycles. The van der Waals surface area contributed by atoms with Crippen molar-refractivity contribution in [1.29, 1.82) is 0 Å². The maximum absolute atomic E-state index is 6.26. The molecular weight excluding hydrogens is 212 g/mol. The van der Waals surface area contributed by atoms with Crippen LogP contribution >= 0.6 is 0 Å². The zero-order valence-electron chi connectivity index (χ0n) is 10.5. The third-order valence-corrected chi connectivity index (χ3v) is 6.57. The van der Waals surface area contributed by atoms with Gasteiger partial charge in [-0.3, -0.25) is 0 Å². The monoisotopic (exact) mass is 234 g/mol. The van der Waals surface area contributed by atoms with Gasteiger partial charge in [0.15, 0.2) is 0 Å². The zero-order valence-corrected chi connectivity index (χ0v) is 10.5. The van der Waals surface area contributed by atoms with E-state index in [1.807, 2.05) is 0 Å². The van der Waals surface area contributed by atoms with E-state index in [9.17, 15) is 0 Å². The standard InChI is InChI=1S/C15H22O2/c1-7-4-12-8-2-3-9(15(12)16-7)11-6-14-13(17-14)5-10(8)11/h7-15H,2-6H2,1H3. The molecule has 0 N–H and O–H groups in total. The van der Waals surface area contributed by atoms with Crippen LogP contribution in [0, 0.1) is 29.6 Å². The van der Waals surface area contributed by atoms with Crippen LogP contribution in [0.1, 0.15) is 39.0 Å². The first-order valence-corrected chi connectivity index (χ1v) is 7.62. The van der Waals surface area contributed by atoms with Gasteiger partial charge in [0, 0.05) is 0 Å². The second kappa shape index (κ2) is 3.08. The summed E-state index contributed by atoms with van der Waals surface area (Å²) in [5.41, 5.74) is 0. The molecule has 17 heavy (non-hydrogen) atoms. The van der Waals surface area contributed by atoms with Gasteiger partial charge in [-0.1, -0.05) is 0 Å². The topological polar surface area (TPSA) is 21.8 Å². The number of hydrogen-bond donors (Lipinski definition) is 0. The minimum Gasteiger partial charge on any atom is -0.375 e. The average Bonchev–Trinajstić information content (AvgIpc) is 2.96. The molecule has 2 nitrogen and oxygen atoms in total. The largest absolute Gasteiger partial charge is 0.375 e. The van der Waals surface area contributed by atoms with Crippen molar-refractivity contribution < 1.29 is 9.47 Å². The third-order valence-electron chi connectivity index (χ3n) is 6.57. The Kier molecular flexibility index (Phi) is 1.78. The van der Waals surface area contributed by atoms with Crippen LogP contribution in [0.5, 0.6) is 0 Å². The van der Waals surface area contributed by atoms with Crippen molar-refractivity contribution in [3.63, 3.8) is 0 Å². The van der Waals surface area contributed by atoms with E-state index in [0.717, 1.165) is 29.6 Å². The maximum Gasteiger partial charge on any atom is 0.0844 e. The maximum atomic E-state index is 6.26. The summed E-state index contributed by atoms with van der Waals surface area (Å²) >= 11 is 0. The van der Waals surface area contributed by atoms with Crippen molar-refractivity contribution in [2.75, 3.05) is 0 Å². The fourth-order valence-corrected chi connectivity index (χ4v) is 6.00. The van der Waals surface area contributed by atoms with Crippen LogP contribution in [0.15, 0.2) is 0 Å². The van der Waals surface area contributed by atoms with E-state index in [2.05, 4.69) is 6.92 Å². The lowest BCUT2D eigenvalue weighted by atomic mass is 9.50. The molecule has 9 atom stereocenters. The molecule has 9 unspecified atom stereocenters. The van der Waals surface area contributed by atoms with Crippen LogP contribution in [0.3, 0.4) is 0 Å². The highest BCUT2D eigenvalue weighted by Gasteiger charge is 2.62. The highest BCUT2D eigenvalue weighted by Crippen LogP contribution is 2.62. The normalized spacial score (nSPS) is 67.2. The first-order chi connectivity index (χ1) is 8.31. The Morgan fingerprint density at radius 2 is 1.41 bits per heavy atom. The SMILES string of the molecule is CC1CC2C3CCC(C4CC5OC5CC43)C2O1. The van der Waals surface area contributed by atoms with E-state index < -0.39 is 0 Å². The molecule has 2 saturated heterocycles. The summed E-state index contributed by atoms with van der Waals surface area (Å²) < 4.78 is 12.1. The lowest BCUT2D eigenvalue weighted by molar-refractivity contribution is -0.123. The smallest absolute Gasteiger partial charge is 0.0844 e. The molecule has 0 spiro atoms. The van der Waals surface area contributed by atoms with Crippen LogP contribution in [0.2, 0.25) is 0 Å². The van der Waals surface area contributed by atoms with Crippen molar-refractivity contribution in [2.24, 2.45) is 29.6 Å². The van der Waals surface area contributed by atoms with Gasteiger partial charge in [0.2, 0.25) is 0 Å². The minimum atomic E-state index is 0.527. The fourth-order valence-electron chi connectivity index (χ4n) is 6.00. The Morgan fingerprint density at radius 1 is 0.706 bits per heavy atom. The molecule has 0 aromatic heterocycles. The van der Waals surface area contributed by atoms with Gasteiger partial charge < -0.3 is 9.47 Å². The number of fused-ring (bicyclic) bond motifs is 2. The van der Waals surface area contributed by atoms with Crippen molar-refractivity contribution in [3.05, 3.63) is 0 Å². The molecule has 2 aliphatic heterocycles. The number of epoxide rings is 1. The number of rotatable bonds is 0. The van der Waals surface area contributed by atoms with Crippen molar-refractivity contribution >= 4 is 0 Å². The van der Waals surface area contributed by atoms with Gasteiger partial charge in [0.25, 0.3) is 0 Å². The summed E-state index contributed by atoms with van der Waals surface area (Å²) in [7, 11) is 0. The second-order valence-corrected chi connectivity index (χ2v) is 7.23. The van der Waals surface area contributed by atoms with Gasteiger partial charge in [0.1, 0.15) is 0 Å². The van der Waals surface area contributed by atoms with Gasteiger partial charge >= 0.3 is 0 Å². The van der Waals surface area contributed by atoms with Gasteiger partial charge in [-0.15, -0.1) is 0 Å². The predicted octanol–water partition coefficient (Wildman–Crippen LogP) is 2.61. The van der Waals surface area contributed by atoms with Crippen LogP contribution < -0.4 is 0 Å². The van der Waals surface area contributed by atoms with Crippen molar-refractivity contribution in [3.8, 4) is 0 Å². The van der Waals surface area contributed by atoms with E-state index in [0.29, 0.717) is 24.4 Å². The summed E-state index contributed by atoms with van der Waals surface area (Å²) in [4.78, 5) is 0. The van der Waals surface area contributed by atoms with Crippen LogP contribution in [0.25, 0.3) is 0 Å². The lowest BCUT2D eigenvalue weighted by Crippen LogP contribution is -2.54. The van der Waals surface area contributed by atoms with Gasteiger partial charge in [-0.25, -0.2) is 0 Å². The number of ether oxygens (including phenoxy) is 2. The first-order valence-electron chi connectivity index (χ1n) is 7.62. The molecule has 6 aliphatic rings. The molecule has 2 heterocycles. The van der Waals surface area contributed by atoms with E-state index in [1.54, 1.807) is 0 Å². The third kappa shape index (κ3) is 1.19. The Balaban J connectivity index is 1.51. The summed E-state index contributed by atoms with van der Waals surface area (Å²) in [6, 6.07) is 0. The van der Waals surface area contributed by atoms with Gasteiger partial charge in [-0.05, 0) is 68.6 Å². The molecule has 2 heteroatoms. The molecule has 4 aliphatic carbocycles. The predicted molar refractivity (Wildman–Crippen MR) is 63.5 cm³/mol. The van der Waals surface area contributed by atoms with E-state index in [1.165, 1.54) is 32.1 Å². The van der Waals surface area contributed by atoms with E-state index in [-0.39, 0.29) is 0 Å². The Hall–Kier alpha value is -0.0800. The van der Waals surface area contributed by atoms with Crippen molar-refractivity contribution in [1.82, 2.24) is 0 Å². The molecular formula is C15H22O2. The Labute approximate surface area is 103 Å². The molecule has 6 rings (SSSR count). The lowest BCUT2D eigenvalue weighted by Gasteiger charge is -2.55. The molecule has 4 saturated carbocycles. The van der Waals surface area contributed by atoms with Gasteiger partial charge in [0.05, 0.1) is 24.4 Å². The summed E-state index contributed by atoms with van der Waals surface area (Å²) in [5.74, 6) is 4.70. The summed E-state index contributed by atoms with van der Waals surface area (Å²) in [6.45, 7) is 2.28. The van der Waals surface area contributed by atoms with E-state index >= 15 is 0 Å². The molecule has 6 fully saturated rings. The van der Waals surface area contributed by atoms with Gasteiger partial charge in [-0.2, -0.15) is 0 Å².